The van der Waals surface area contributed by atoms with Gasteiger partial charge < -0.3 is 0 Å². The summed E-state index contributed by atoms with van der Waals surface area (Å²) >= 11 is 0. The van der Waals surface area contributed by atoms with Gasteiger partial charge in [-0.05, 0) is 24.1 Å². The standard InChI is InChI=1S/C11H10F2O/c1-8(7-14)6-9-2-4-10(5-3-9)11(12)13/h2-7,11H,1H3/b8-6+. The van der Waals surface area contributed by atoms with Crippen LogP contribution >= 0.6 is 0 Å². The Labute approximate surface area is 81.1 Å². The van der Waals surface area contributed by atoms with Crippen LogP contribution in [0.4, 0.5) is 8.78 Å². The summed E-state index contributed by atoms with van der Waals surface area (Å²) in [6, 6.07) is 5.84. The summed E-state index contributed by atoms with van der Waals surface area (Å²) in [5.41, 5.74) is 1.31. The first-order chi connectivity index (χ1) is 6.63. The lowest BCUT2D eigenvalue weighted by Gasteiger charge is -1.99. The molecule has 0 unspecified atom stereocenters. The van der Waals surface area contributed by atoms with Crippen molar-refractivity contribution in [2.75, 3.05) is 0 Å². The van der Waals surface area contributed by atoms with Gasteiger partial charge in [0.25, 0.3) is 6.43 Å². The Bertz CT molecular complexity index is 339. The van der Waals surface area contributed by atoms with E-state index in [1.54, 1.807) is 25.1 Å². The molecule has 1 rings (SSSR count). The van der Waals surface area contributed by atoms with Crippen LogP contribution in [0.3, 0.4) is 0 Å². The molecule has 0 atom stereocenters. The van der Waals surface area contributed by atoms with Crippen LogP contribution in [0, 0.1) is 0 Å². The van der Waals surface area contributed by atoms with Crippen molar-refractivity contribution in [3.8, 4) is 0 Å². The van der Waals surface area contributed by atoms with Crippen LogP contribution < -0.4 is 0 Å². The number of allylic oxidation sites excluding steroid dienone is 1. The Morgan fingerprint density at radius 2 is 1.86 bits per heavy atom. The molecule has 74 valence electrons. The largest absolute Gasteiger partial charge is 0.298 e. The van der Waals surface area contributed by atoms with Crippen LogP contribution in [0.1, 0.15) is 24.5 Å². The monoisotopic (exact) mass is 196 g/mol. The Balaban J connectivity index is 2.89. The van der Waals surface area contributed by atoms with Crippen molar-refractivity contribution in [3.63, 3.8) is 0 Å². The minimum atomic E-state index is -2.44. The number of hydrogen-bond donors (Lipinski definition) is 0. The third-order valence-corrected chi connectivity index (χ3v) is 1.77. The van der Waals surface area contributed by atoms with Crippen LogP contribution in [-0.2, 0) is 4.79 Å². The van der Waals surface area contributed by atoms with Crippen molar-refractivity contribution in [1.29, 1.82) is 0 Å². The highest BCUT2D eigenvalue weighted by atomic mass is 19.3. The van der Waals surface area contributed by atoms with Gasteiger partial charge in [-0.1, -0.05) is 24.3 Å². The first kappa shape index (κ1) is 10.6. The fraction of sp³-hybridized carbons (Fsp3) is 0.182. The Morgan fingerprint density at radius 3 is 2.29 bits per heavy atom. The number of carbonyl (C=O) groups excluding carboxylic acids is 1. The predicted octanol–water partition coefficient (Wildman–Crippen LogP) is 3.23. The molecule has 0 fully saturated rings. The van der Waals surface area contributed by atoms with Gasteiger partial charge in [0.1, 0.15) is 6.29 Å². The minimum Gasteiger partial charge on any atom is -0.298 e. The molecule has 14 heavy (non-hydrogen) atoms. The zero-order chi connectivity index (χ0) is 10.6. The van der Waals surface area contributed by atoms with E-state index in [1.165, 1.54) is 12.1 Å². The maximum absolute atomic E-state index is 12.2. The molecule has 0 amide bonds. The molecular formula is C11H10F2O. The zero-order valence-electron chi connectivity index (χ0n) is 7.71. The van der Waals surface area contributed by atoms with Gasteiger partial charge in [0.05, 0.1) is 0 Å². The summed E-state index contributed by atoms with van der Waals surface area (Å²) in [5, 5.41) is 0. The van der Waals surface area contributed by atoms with E-state index >= 15 is 0 Å². The zero-order valence-corrected chi connectivity index (χ0v) is 7.71. The minimum absolute atomic E-state index is 0.00842. The van der Waals surface area contributed by atoms with Gasteiger partial charge in [0, 0.05) is 5.56 Å². The van der Waals surface area contributed by atoms with Crippen molar-refractivity contribution in [3.05, 3.63) is 41.0 Å². The smallest absolute Gasteiger partial charge is 0.263 e. The van der Waals surface area contributed by atoms with Crippen molar-refractivity contribution < 1.29 is 13.6 Å². The summed E-state index contributed by atoms with van der Waals surface area (Å²) in [6.45, 7) is 1.66. The molecule has 3 heteroatoms. The number of alkyl halides is 2. The van der Waals surface area contributed by atoms with Crippen molar-refractivity contribution >= 4 is 12.4 Å². The molecular weight excluding hydrogens is 186 g/mol. The van der Waals surface area contributed by atoms with E-state index in [-0.39, 0.29) is 5.56 Å². The maximum atomic E-state index is 12.2. The topological polar surface area (TPSA) is 17.1 Å². The van der Waals surface area contributed by atoms with Gasteiger partial charge in [-0.3, -0.25) is 4.79 Å². The Morgan fingerprint density at radius 1 is 1.29 bits per heavy atom. The van der Waals surface area contributed by atoms with Gasteiger partial charge >= 0.3 is 0 Å². The van der Waals surface area contributed by atoms with Crippen molar-refractivity contribution in [1.82, 2.24) is 0 Å². The van der Waals surface area contributed by atoms with E-state index < -0.39 is 6.43 Å². The number of rotatable bonds is 3. The van der Waals surface area contributed by atoms with E-state index in [1.807, 2.05) is 0 Å². The second-order valence-corrected chi connectivity index (χ2v) is 2.97. The van der Waals surface area contributed by atoms with Crippen molar-refractivity contribution in [2.24, 2.45) is 0 Å². The molecule has 0 aliphatic rings. The fourth-order valence-corrected chi connectivity index (χ4v) is 1.03. The molecule has 0 aliphatic carbocycles. The van der Waals surface area contributed by atoms with E-state index in [0.717, 1.165) is 11.8 Å². The first-order valence-corrected chi connectivity index (χ1v) is 4.15. The normalized spacial score (nSPS) is 11.9. The molecule has 1 aromatic rings. The summed E-state index contributed by atoms with van der Waals surface area (Å²) < 4.78 is 24.3. The second kappa shape index (κ2) is 4.65. The Kier molecular flexibility index (Phi) is 3.51. The molecule has 0 bridgehead atoms. The molecule has 1 nitrogen and oxygen atoms in total. The molecule has 0 heterocycles. The second-order valence-electron chi connectivity index (χ2n) is 2.97. The van der Waals surface area contributed by atoms with Crippen LogP contribution in [0.5, 0.6) is 0 Å². The molecule has 0 aliphatic heterocycles. The highest BCUT2D eigenvalue weighted by Crippen LogP contribution is 2.19. The van der Waals surface area contributed by atoms with Gasteiger partial charge in [-0.15, -0.1) is 0 Å². The van der Waals surface area contributed by atoms with Gasteiger partial charge in [-0.25, -0.2) is 8.78 Å². The number of benzene rings is 1. The average Bonchev–Trinajstić information content (AvgIpc) is 2.18. The van der Waals surface area contributed by atoms with Crippen molar-refractivity contribution in [2.45, 2.75) is 13.3 Å². The third kappa shape index (κ3) is 2.76. The van der Waals surface area contributed by atoms with E-state index in [9.17, 15) is 13.6 Å². The maximum Gasteiger partial charge on any atom is 0.263 e. The van der Waals surface area contributed by atoms with Crippen LogP contribution in [-0.4, -0.2) is 6.29 Å². The number of halogens is 2. The molecule has 0 radical (unpaired) electrons. The summed E-state index contributed by atoms with van der Waals surface area (Å²) in [4.78, 5) is 10.3. The summed E-state index contributed by atoms with van der Waals surface area (Å²) in [5.74, 6) is 0. The van der Waals surface area contributed by atoms with Crippen LogP contribution in [0.2, 0.25) is 0 Å². The number of hydrogen-bond acceptors (Lipinski definition) is 1. The molecule has 0 saturated carbocycles. The van der Waals surface area contributed by atoms with E-state index in [2.05, 4.69) is 0 Å². The van der Waals surface area contributed by atoms with Crippen LogP contribution in [0.25, 0.3) is 6.08 Å². The summed E-state index contributed by atoms with van der Waals surface area (Å²) in [6.07, 6.45) is -0.0799. The third-order valence-electron chi connectivity index (χ3n) is 1.77. The van der Waals surface area contributed by atoms with Gasteiger partial charge in [-0.2, -0.15) is 0 Å². The first-order valence-electron chi connectivity index (χ1n) is 4.15. The fourth-order valence-electron chi connectivity index (χ4n) is 1.03. The number of aldehydes is 1. The lowest BCUT2D eigenvalue weighted by Crippen LogP contribution is -1.84. The highest BCUT2D eigenvalue weighted by molar-refractivity contribution is 5.80. The summed E-state index contributed by atoms with van der Waals surface area (Å²) in [7, 11) is 0. The SMILES string of the molecule is C/C(C=O)=C\c1ccc(C(F)F)cc1. The predicted molar refractivity (Wildman–Crippen MR) is 51.1 cm³/mol. The quantitative estimate of drug-likeness (QED) is 0.535. The molecule has 0 spiro atoms. The molecule has 0 saturated heterocycles. The molecule has 0 N–H and O–H groups in total. The lowest BCUT2D eigenvalue weighted by atomic mass is 10.1. The van der Waals surface area contributed by atoms with E-state index in [4.69, 9.17) is 0 Å². The van der Waals surface area contributed by atoms with Gasteiger partial charge in [0.15, 0.2) is 0 Å². The lowest BCUT2D eigenvalue weighted by molar-refractivity contribution is -0.104. The molecule has 0 aromatic heterocycles. The average molecular weight is 196 g/mol. The van der Waals surface area contributed by atoms with Crippen LogP contribution in [0.15, 0.2) is 29.8 Å². The van der Waals surface area contributed by atoms with E-state index in [0.29, 0.717) is 5.57 Å². The van der Waals surface area contributed by atoms with Gasteiger partial charge in [0.2, 0.25) is 0 Å². The Hall–Kier alpha value is -1.51. The molecule has 1 aromatic carbocycles. The number of carbonyl (C=O) groups is 1. The highest BCUT2D eigenvalue weighted by Gasteiger charge is 2.04.